The van der Waals surface area contributed by atoms with Gasteiger partial charge in [-0.3, -0.25) is 4.90 Å². The topological polar surface area (TPSA) is 32.7 Å². The van der Waals surface area contributed by atoms with Crippen molar-refractivity contribution in [2.75, 3.05) is 6.54 Å². The molecule has 0 aromatic rings. The zero-order valence-electron chi connectivity index (χ0n) is 12.0. The Hall–Kier alpha value is -0.120. The lowest BCUT2D eigenvalue weighted by Crippen LogP contribution is -2.53. The van der Waals surface area contributed by atoms with Crippen molar-refractivity contribution in [1.29, 1.82) is 0 Å². The lowest BCUT2D eigenvalue weighted by Gasteiger charge is -2.41. The summed E-state index contributed by atoms with van der Waals surface area (Å²) in [5, 5.41) is 10.4. The van der Waals surface area contributed by atoms with Gasteiger partial charge in [-0.2, -0.15) is 0 Å². The number of piperidine rings is 1. The van der Waals surface area contributed by atoms with Crippen LogP contribution in [0.25, 0.3) is 0 Å². The van der Waals surface area contributed by atoms with Gasteiger partial charge in [0.1, 0.15) is 0 Å². The molecule has 0 radical (unpaired) electrons. The molecule has 0 spiro atoms. The van der Waals surface area contributed by atoms with Crippen molar-refractivity contribution in [1.82, 2.24) is 4.90 Å². The number of hydrogen-bond donors (Lipinski definition) is 1. The van der Waals surface area contributed by atoms with Gasteiger partial charge in [-0.15, -0.1) is 0 Å². The first-order valence-electron chi connectivity index (χ1n) is 6.72. The van der Waals surface area contributed by atoms with Gasteiger partial charge in [0.25, 0.3) is 0 Å². The summed E-state index contributed by atoms with van der Waals surface area (Å²) < 4.78 is 5.76. The first kappa shape index (κ1) is 13.3. The Morgan fingerprint density at radius 3 is 2.24 bits per heavy atom. The van der Waals surface area contributed by atoms with Crippen molar-refractivity contribution in [3.8, 4) is 0 Å². The molecule has 3 heteroatoms. The molecule has 0 aromatic carbocycles. The number of fused-ring (bicyclic) bond motifs is 1. The van der Waals surface area contributed by atoms with E-state index in [0.717, 1.165) is 12.5 Å². The van der Waals surface area contributed by atoms with E-state index < -0.39 is 6.29 Å². The van der Waals surface area contributed by atoms with Crippen LogP contribution in [-0.2, 0) is 4.74 Å². The second-order valence-corrected chi connectivity index (χ2v) is 7.59. The maximum Gasteiger partial charge on any atom is 0.171 e. The van der Waals surface area contributed by atoms with Gasteiger partial charge in [0.05, 0.1) is 11.6 Å². The van der Waals surface area contributed by atoms with Gasteiger partial charge in [0.2, 0.25) is 0 Å². The molecule has 1 aliphatic carbocycles. The summed E-state index contributed by atoms with van der Waals surface area (Å²) in [5.74, 6) is 1.43. The minimum atomic E-state index is -0.660. The van der Waals surface area contributed by atoms with Crippen molar-refractivity contribution in [3.05, 3.63) is 0 Å². The highest BCUT2D eigenvalue weighted by atomic mass is 16.6. The SMILES string of the molecule is CC(C)(C)OC(O)[C@@H]1C2CC2CN1C(C)(C)C. The highest BCUT2D eigenvalue weighted by Crippen LogP contribution is 2.52. The highest BCUT2D eigenvalue weighted by molar-refractivity contribution is 5.08. The van der Waals surface area contributed by atoms with Crippen LogP contribution in [0.3, 0.4) is 0 Å². The molecule has 0 amide bonds. The van der Waals surface area contributed by atoms with Crippen molar-refractivity contribution < 1.29 is 9.84 Å². The Morgan fingerprint density at radius 2 is 1.76 bits per heavy atom. The molecule has 100 valence electrons. The van der Waals surface area contributed by atoms with Gasteiger partial charge in [0.15, 0.2) is 6.29 Å². The lowest BCUT2D eigenvalue weighted by atomic mass is 10.0. The van der Waals surface area contributed by atoms with E-state index in [1.807, 2.05) is 20.8 Å². The van der Waals surface area contributed by atoms with E-state index in [0.29, 0.717) is 5.92 Å². The summed E-state index contributed by atoms with van der Waals surface area (Å²) in [7, 11) is 0. The van der Waals surface area contributed by atoms with Crippen molar-refractivity contribution in [2.24, 2.45) is 11.8 Å². The van der Waals surface area contributed by atoms with Crippen LogP contribution in [0, 0.1) is 11.8 Å². The first-order valence-corrected chi connectivity index (χ1v) is 6.72. The molecule has 1 heterocycles. The van der Waals surface area contributed by atoms with Crippen LogP contribution >= 0.6 is 0 Å². The number of nitrogens with zero attached hydrogens (tertiary/aromatic N) is 1. The van der Waals surface area contributed by atoms with Gasteiger partial charge in [-0.1, -0.05) is 0 Å². The smallest absolute Gasteiger partial charge is 0.171 e. The normalized spacial score (nSPS) is 35.8. The number of likely N-dealkylation sites (tertiary alicyclic amines) is 1. The number of aliphatic hydroxyl groups excluding tert-OH is 1. The van der Waals surface area contributed by atoms with Gasteiger partial charge >= 0.3 is 0 Å². The van der Waals surface area contributed by atoms with Crippen molar-refractivity contribution in [2.45, 2.75) is 71.4 Å². The zero-order valence-corrected chi connectivity index (χ0v) is 12.0. The van der Waals surface area contributed by atoms with Crippen molar-refractivity contribution >= 4 is 0 Å². The molecular formula is C14H27NO2. The number of ether oxygens (including phenoxy) is 1. The quantitative estimate of drug-likeness (QED) is 0.753. The molecule has 1 aliphatic heterocycles. The van der Waals surface area contributed by atoms with Gasteiger partial charge in [-0.25, -0.2) is 0 Å². The largest absolute Gasteiger partial charge is 0.367 e. The van der Waals surface area contributed by atoms with Crippen LogP contribution < -0.4 is 0 Å². The van der Waals surface area contributed by atoms with E-state index in [9.17, 15) is 5.11 Å². The second kappa shape index (κ2) is 3.94. The molecule has 3 nitrogen and oxygen atoms in total. The van der Waals surface area contributed by atoms with E-state index in [1.165, 1.54) is 6.42 Å². The molecular weight excluding hydrogens is 214 g/mol. The molecule has 0 aromatic heterocycles. The minimum absolute atomic E-state index is 0.111. The standard InChI is InChI=1S/C14H27NO2/c1-13(2,3)15-8-9-7-10(9)11(15)12(16)17-14(4,5)6/h9-12,16H,7-8H2,1-6H3/t9?,10?,11-,12?/m0/s1. The Labute approximate surface area is 105 Å². The summed E-state index contributed by atoms with van der Waals surface area (Å²) in [5.41, 5.74) is -0.170. The predicted molar refractivity (Wildman–Crippen MR) is 68.7 cm³/mol. The molecule has 1 saturated carbocycles. The summed E-state index contributed by atoms with van der Waals surface area (Å²) in [4.78, 5) is 2.42. The van der Waals surface area contributed by atoms with Crippen LogP contribution in [0.4, 0.5) is 0 Å². The highest BCUT2D eigenvalue weighted by Gasteiger charge is 2.57. The first-order chi connectivity index (χ1) is 7.59. The molecule has 4 atom stereocenters. The molecule has 1 saturated heterocycles. The summed E-state index contributed by atoms with van der Waals surface area (Å²) in [6, 6.07) is 0.180. The zero-order chi connectivity index (χ0) is 13.0. The van der Waals surface area contributed by atoms with E-state index in [4.69, 9.17) is 4.74 Å². The molecule has 0 bridgehead atoms. The lowest BCUT2D eigenvalue weighted by molar-refractivity contribution is -0.203. The monoisotopic (exact) mass is 241 g/mol. The third kappa shape index (κ3) is 2.83. The van der Waals surface area contributed by atoms with Crippen LogP contribution in [0.15, 0.2) is 0 Å². The number of rotatable bonds is 2. The maximum absolute atomic E-state index is 10.4. The Morgan fingerprint density at radius 1 is 1.18 bits per heavy atom. The molecule has 1 N–H and O–H groups in total. The fraction of sp³-hybridized carbons (Fsp3) is 1.00. The van der Waals surface area contributed by atoms with E-state index >= 15 is 0 Å². The predicted octanol–water partition coefficient (Wildman–Crippen LogP) is 2.24. The van der Waals surface area contributed by atoms with E-state index in [1.54, 1.807) is 0 Å². The number of aliphatic hydroxyl groups is 1. The Kier molecular flexibility index (Phi) is 3.08. The fourth-order valence-corrected chi connectivity index (χ4v) is 3.02. The number of hydrogen-bond acceptors (Lipinski definition) is 3. The van der Waals surface area contributed by atoms with Gasteiger partial charge in [0, 0.05) is 12.1 Å². The van der Waals surface area contributed by atoms with Crippen LogP contribution in [-0.4, -0.2) is 40.0 Å². The molecule has 2 rings (SSSR count). The fourth-order valence-electron chi connectivity index (χ4n) is 3.02. The maximum atomic E-state index is 10.4. The molecule has 3 unspecified atom stereocenters. The third-order valence-electron chi connectivity index (χ3n) is 3.84. The average Bonchev–Trinajstić information content (AvgIpc) is 2.71. The summed E-state index contributed by atoms with van der Waals surface area (Å²) in [6.07, 6.45) is 0.605. The van der Waals surface area contributed by atoms with Crippen molar-refractivity contribution in [3.63, 3.8) is 0 Å². The van der Waals surface area contributed by atoms with Crippen LogP contribution in [0.2, 0.25) is 0 Å². The third-order valence-corrected chi connectivity index (χ3v) is 3.84. The Balaban J connectivity index is 2.07. The minimum Gasteiger partial charge on any atom is -0.367 e. The second-order valence-electron chi connectivity index (χ2n) is 7.59. The summed E-state index contributed by atoms with van der Waals surface area (Å²) >= 11 is 0. The van der Waals surface area contributed by atoms with Crippen LogP contribution in [0.1, 0.15) is 48.0 Å². The van der Waals surface area contributed by atoms with Gasteiger partial charge in [-0.05, 0) is 59.8 Å². The molecule has 2 fully saturated rings. The van der Waals surface area contributed by atoms with E-state index in [-0.39, 0.29) is 17.2 Å². The molecule has 2 aliphatic rings. The average molecular weight is 241 g/mol. The molecule has 17 heavy (non-hydrogen) atoms. The van der Waals surface area contributed by atoms with Crippen LogP contribution in [0.5, 0.6) is 0 Å². The summed E-state index contributed by atoms with van der Waals surface area (Å²) in [6.45, 7) is 13.8. The Bertz CT molecular complexity index is 290. The van der Waals surface area contributed by atoms with E-state index in [2.05, 4.69) is 25.7 Å². The van der Waals surface area contributed by atoms with Gasteiger partial charge < -0.3 is 9.84 Å².